The second kappa shape index (κ2) is 15.6. The average Bonchev–Trinajstić information content (AvgIpc) is 3.39. The summed E-state index contributed by atoms with van der Waals surface area (Å²) in [5.74, 6) is 0. The molecule has 0 spiro atoms. The second-order valence-corrected chi connectivity index (χ2v) is 15.1. The predicted molar refractivity (Wildman–Crippen MR) is 261 cm³/mol. The summed E-state index contributed by atoms with van der Waals surface area (Å²) in [6.45, 7) is 0. The molecule has 0 aliphatic rings. The third-order valence-electron chi connectivity index (χ3n) is 11.4. The van der Waals surface area contributed by atoms with E-state index < -0.39 is 12.1 Å². The predicted octanol–water partition coefficient (Wildman–Crippen LogP) is 17.0. The van der Waals surface area contributed by atoms with E-state index in [1.54, 1.807) is 30.3 Å². The van der Waals surface area contributed by atoms with Gasteiger partial charge in [-0.3, -0.25) is 0 Å². The topological polar surface area (TPSA) is 3.24 Å². The van der Waals surface area contributed by atoms with Crippen LogP contribution in [0.1, 0.15) is 11.0 Å². The van der Waals surface area contributed by atoms with Gasteiger partial charge in [0.2, 0.25) is 0 Å². The average molecular weight is 784 g/mol. The minimum absolute atomic E-state index is 0.107. The SMILES string of the molecule is [2H]c1c([2H])c(-c2cccc3ccccc23)c([2H])c(N(c2ccc(-c3ccc4ccccc4c3-c3ccccc3)cc2)c2c([2H])c([2H])c(-c3ccc(-c4ccc5ccccc5c4)cc3)c([2H])c2[2H])c1[2H]. The van der Waals surface area contributed by atoms with Gasteiger partial charge in [0.05, 0.1) is 11.0 Å². The Morgan fingerprint density at radius 3 is 1.66 bits per heavy atom. The highest BCUT2D eigenvalue weighted by Gasteiger charge is 2.17. The highest BCUT2D eigenvalue weighted by Crippen LogP contribution is 2.42. The summed E-state index contributed by atoms with van der Waals surface area (Å²) in [7, 11) is 0. The molecule has 0 saturated carbocycles. The van der Waals surface area contributed by atoms with Crippen LogP contribution in [0.25, 0.3) is 88.0 Å². The molecule has 0 saturated heterocycles. The van der Waals surface area contributed by atoms with Gasteiger partial charge in [0.1, 0.15) is 0 Å². The molecule has 0 N–H and O–H groups in total. The summed E-state index contributed by atoms with van der Waals surface area (Å²) in [6.07, 6.45) is 0. The van der Waals surface area contributed by atoms with Crippen molar-refractivity contribution in [1.82, 2.24) is 0 Å². The van der Waals surface area contributed by atoms with Crippen LogP contribution in [0, 0.1) is 0 Å². The number of rotatable bonds is 8. The van der Waals surface area contributed by atoms with E-state index in [9.17, 15) is 11.0 Å². The second-order valence-electron chi connectivity index (χ2n) is 15.1. The van der Waals surface area contributed by atoms with Crippen molar-refractivity contribution in [2.24, 2.45) is 0 Å². The third-order valence-corrected chi connectivity index (χ3v) is 11.4. The van der Waals surface area contributed by atoms with Crippen molar-refractivity contribution in [1.29, 1.82) is 0 Å². The molecule has 0 amide bonds. The lowest BCUT2D eigenvalue weighted by atomic mass is 9.90. The van der Waals surface area contributed by atoms with Gasteiger partial charge < -0.3 is 4.90 Å². The van der Waals surface area contributed by atoms with Crippen molar-refractivity contribution >= 4 is 49.4 Å². The number of hydrogen-bond donors (Lipinski definition) is 0. The van der Waals surface area contributed by atoms with Crippen LogP contribution < -0.4 is 4.90 Å². The van der Waals surface area contributed by atoms with E-state index in [0.29, 0.717) is 16.8 Å². The summed E-state index contributed by atoms with van der Waals surface area (Å²) in [5.41, 5.74) is 7.11. The fourth-order valence-corrected chi connectivity index (χ4v) is 8.37. The maximum absolute atomic E-state index is 9.92. The highest BCUT2D eigenvalue weighted by atomic mass is 15.1. The lowest BCUT2D eigenvalue weighted by molar-refractivity contribution is 1.28. The fraction of sp³-hybridized carbons (Fsp3) is 0. The van der Waals surface area contributed by atoms with E-state index in [2.05, 4.69) is 66.7 Å². The normalized spacial score (nSPS) is 13.1. The zero-order valence-corrected chi connectivity index (χ0v) is 33.0. The molecule has 0 heterocycles. The zero-order chi connectivity index (χ0) is 47.5. The van der Waals surface area contributed by atoms with Crippen molar-refractivity contribution < 1.29 is 11.0 Å². The molecule has 0 fully saturated rings. The number of fused-ring (bicyclic) bond motifs is 3. The van der Waals surface area contributed by atoms with Gasteiger partial charge in [0, 0.05) is 17.1 Å². The van der Waals surface area contributed by atoms with Crippen LogP contribution in [0.4, 0.5) is 17.1 Å². The van der Waals surface area contributed by atoms with E-state index in [-0.39, 0.29) is 58.8 Å². The number of benzene rings is 11. The molecular weight excluding hydrogens is 735 g/mol. The maximum Gasteiger partial charge on any atom is 0.0651 e. The van der Waals surface area contributed by atoms with E-state index in [1.165, 1.54) is 4.90 Å². The molecule has 0 atom stereocenters. The molecule has 0 radical (unpaired) electrons. The first kappa shape index (κ1) is 28.4. The molecule has 61 heavy (non-hydrogen) atoms. The molecule has 286 valence electrons. The first-order chi connectivity index (χ1) is 33.6. The lowest BCUT2D eigenvalue weighted by Gasteiger charge is -2.27. The monoisotopic (exact) mass is 783 g/mol. The van der Waals surface area contributed by atoms with E-state index in [4.69, 9.17) is 0 Å². The van der Waals surface area contributed by atoms with E-state index in [1.807, 2.05) is 103 Å². The lowest BCUT2D eigenvalue weighted by Crippen LogP contribution is -2.10. The molecule has 1 nitrogen and oxygen atoms in total. The fourth-order valence-electron chi connectivity index (χ4n) is 8.37. The maximum atomic E-state index is 9.92. The molecule has 11 aromatic carbocycles. The quantitative estimate of drug-likeness (QED) is 0.148. The minimum atomic E-state index is -0.454. The third kappa shape index (κ3) is 6.93. The Kier molecular flexibility index (Phi) is 7.29. The molecule has 11 aromatic rings. The highest BCUT2D eigenvalue weighted by molar-refractivity contribution is 6.04. The van der Waals surface area contributed by atoms with Crippen LogP contribution in [0.5, 0.6) is 0 Å². The van der Waals surface area contributed by atoms with Crippen LogP contribution in [-0.4, -0.2) is 0 Å². The Labute approximate surface area is 368 Å². The van der Waals surface area contributed by atoms with Crippen molar-refractivity contribution in [2.75, 3.05) is 4.90 Å². The molecule has 0 aliphatic heterocycles. The van der Waals surface area contributed by atoms with Crippen LogP contribution >= 0.6 is 0 Å². The van der Waals surface area contributed by atoms with Gasteiger partial charge in [-0.2, -0.15) is 0 Å². The van der Waals surface area contributed by atoms with Gasteiger partial charge in [-0.25, -0.2) is 0 Å². The number of nitrogens with zero attached hydrogens (tertiary/aromatic N) is 1. The molecule has 0 unspecified atom stereocenters. The first-order valence-corrected chi connectivity index (χ1v) is 20.3. The van der Waals surface area contributed by atoms with Crippen LogP contribution in [-0.2, 0) is 0 Å². The van der Waals surface area contributed by atoms with Crippen LogP contribution in [0.3, 0.4) is 0 Å². The van der Waals surface area contributed by atoms with Gasteiger partial charge in [0.15, 0.2) is 0 Å². The first-order valence-electron chi connectivity index (χ1n) is 24.3. The van der Waals surface area contributed by atoms with Crippen molar-refractivity contribution in [2.45, 2.75) is 0 Å². The van der Waals surface area contributed by atoms with Crippen molar-refractivity contribution in [3.8, 4) is 55.6 Å². The summed E-state index contributed by atoms with van der Waals surface area (Å²) in [4.78, 5) is 1.41. The number of hydrogen-bond acceptors (Lipinski definition) is 1. The molecule has 0 bridgehead atoms. The molecule has 0 aliphatic carbocycles. The zero-order valence-electron chi connectivity index (χ0n) is 41.0. The summed E-state index contributed by atoms with van der Waals surface area (Å²) >= 11 is 0. The molecule has 0 aromatic heterocycles. The smallest absolute Gasteiger partial charge is 0.0651 e. The summed E-state index contributed by atoms with van der Waals surface area (Å²) in [5, 5.41) is 6.02. The Morgan fingerprint density at radius 2 is 0.885 bits per heavy atom. The Hall–Kier alpha value is -8.00. The van der Waals surface area contributed by atoms with Gasteiger partial charge in [-0.05, 0) is 130 Å². The van der Waals surface area contributed by atoms with Crippen molar-refractivity contribution in [3.63, 3.8) is 0 Å². The van der Waals surface area contributed by atoms with Crippen LogP contribution in [0.15, 0.2) is 249 Å². The Balaban J connectivity index is 1.11. The number of anilines is 3. The van der Waals surface area contributed by atoms with Gasteiger partial charge >= 0.3 is 0 Å². The van der Waals surface area contributed by atoms with Gasteiger partial charge in [-0.1, -0.05) is 206 Å². The summed E-state index contributed by atoms with van der Waals surface area (Å²) < 4.78 is 76.3. The Bertz CT molecular complexity index is 3780. The minimum Gasteiger partial charge on any atom is -0.310 e. The largest absolute Gasteiger partial charge is 0.310 e. The summed E-state index contributed by atoms with van der Waals surface area (Å²) in [6, 6.07) is 62.2. The molecular formula is C60H41N. The standard InChI is InChI=1S/C60H41N/c1-2-15-49(16-3-1)60-58-22-9-7-14-47(58)34-39-59(60)48-32-37-54(38-33-48)61(55-20-10-19-52(41-55)57-23-11-18-46-13-6-8-21-56(46)57)53-35-30-44(31-36-53)43-24-26-45(27-25-43)51-29-28-42-12-4-5-17-50(42)40-51/h1-41H/i10D,19D,20D,30D,31D,35D,36D,41D. The van der Waals surface area contributed by atoms with Crippen molar-refractivity contribution in [3.05, 3.63) is 249 Å². The molecule has 1 heteroatoms. The van der Waals surface area contributed by atoms with E-state index in [0.717, 1.165) is 65.7 Å². The van der Waals surface area contributed by atoms with Crippen LogP contribution in [0.2, 0.25) is 0 Å². The Morgan fingerprint density at radius 1 is 0.295 bits per heavy atom. The van der Waals surface area contributed by atoms with E-state index >= 15 is 0 Å². The van der Waals surface area contributed by atoms with Gasteiger partial charge in [-0.15, -0.1) is 0 Å². The molecule has 11 rings (SSSR count). The van der Waals surface area contributed by atoms with Gasteiger partial charge in [0.25, 0.3) is 0 Å².